The summed E-state index contributed by atoms with van der Waals surface area (Å²) in [6.45, 7) is 3.91. The van der Waals surface area contributed by atoms with E-state index in [0.717, 1.165) is 31.5 Å². The Morgan fingerprint density at radius 1 is 1.44 bits per heavy atom. The third-order valence-corrected chi connectivity index (χ3v) is 2.81. The molecule has 2 heterocycles. The smallest absolute Gasteiger partial charge is 0.253 e. The number of hydrogen-bond acceptors (Lipinski definition) is 3. The Hall–Kier alpha value is -1.42. The lowest BCUT2D eigenvalue weighted by atomic mass is 10.1. The molecule has 0 aliphatic carbocycles. The average molecular weight is 219 g/mol. The predicted molar refractivity (Wildman–Crippen MR) is 62.3 cm³/mol. The van der Waals surface area contributed by atoms with Gasteiger partial charge in [0.25, 0.3) is 5.91 Å². The zero-order valence-corrected chi connectivity index (χ0v) is 9.49. The fraction of sp³-hybridized carbons (Fsp3) is 0.500. The van der Waals surface area contributed by atoms with Crippen LogP contribution in [0.3, 0.4) is 0 Å². The monoisotopic (exact) mass is 219 g/mol. The van der Waals surface area contributed by atoms with Crippen LogP contribution in [0.5, 0.6) is 0 Å². The summed E-state index contributed by atoms with van der Waals surface area (Å²) in [5, 5.41) is 6.32. The Morgan fingerprint density at radius 3 is 2.88 bits per heavy atom. The number of nitrogens with zero attached hydrogens (tertiary/aromatic N) is 1. The summed E-state index contributed by atoms with van der Waals surface area (Å²) < 4.78 is 0. The van der Waals surface area contributed by atoms with Gasteiger partial charge in [-0.15, -0.1) is 0 Å². The summed E-state index contributed by atoms with van der Waals surface area (Å²) in [6.07, 6.45) is 5.38. The van der Waals surface area contributed by atoms with Crippen LogP contribution < -0.4 is 10.6 Å². The molecule has 1 aromatic heterocycles. The molecular weight excluding hydrogens is 202 g/mol. The lowest BCUT2D eigenvalue weighted by Gasteiger charge is -2.23. The van der Waals surface area contributed by atoms with Crippen LogP contribution in [-0.4, -0.2) is 30.0 Å². The number of amides is 1. The van der Waals surface area contributed by atoms with Gasteiger partial charge in [0.05, 0.1) is 5.56 Å². The molecule has 16 heavy (non-hydrogen) atoms. The molecule has 1 amide bonds. The van der Waals surface area contributed by atoms with Crippen molar-refractivity contribution in [2.24, 2.45) is 0 Å². The van der Waals surface area contributed by atoms with Crippen LogP contribution in [0.1, 0.15) is 28.8 Å². The first-order valence-corrected chi connectivity index (χ1v) is 5.69. The lowest BCUT2D eigenvalue weighted by Crippen LogP contribution is -2.42. The van der Waals surface area contributed by atoms with Crippen molar-refractivity contribution in [3.05, 3.63) is 29.6 Å². The number of rotatable bonds is 2. The minimum Gasteiger partial charge on any atom is -0.349 e. The van der Waals surface area contributed by atoms with Crippen molar-refractivity contribution in [2.45, 2.75) is 25.8 Å². The number of piperidine rings is 1. The van der Waals surface area contributed by atoms with Gasteiger partial charge in [0.15, 0.2) is 0 Å². The molecule has 1 saturated heterocycles. The maximum atomic E-state index is 11.9. The first kappa shape index (κ1) is 11.1. The van der Waals surface area contributed by atoms with E-state index in [0.29, 0.717) is 11.6 Å². The highest BCUT2D eigenvalue weighted by Crippen LogP contribution is 2.05. The van der Waals surface area contributed by atoms with E-state index in [1.165, 1.54) is 0 Å². The molecule has 4 heteroatoms. The molecule has 0 unspecified atom stereocenters. The van der Waals surface area contributed by atoms with Crippen molar-refractivity contribution in [1.82, 2.24) is 15.6 Å². The number of aromatic nitrogens is 1. The number of pyridine rings is 1. The molecule has 1 aliphatic heterocycles. The van der Waals surface area contributed by atoms with Gasteiger partial charge in [-0.3, -0.25) is 9.78 Å². The number of nitrogens with one attached hydrogen (secondary N) is 2. The van der Waals surface area contributed by atoms with E-state index in [1.807, 2.05) is 13.0 Å². The van der Waals surface area contributed by atoms with Gasteiger partial charge >= 0.3 is 0 Å². The molecule has 4 nitrogen and oxygen atoms in total. The Balaban J connectivity index is 1.97. The van der Waals surface area contributed by atoms with Crippen molar-refractivity contribution in [1.29, 1.82) is 0 Å². The van der Waals surface area contributed by atoms with Crippen LogP contribution >= 0.6 is 0 Å². The number of aryl methyl sites for hydroxylation is 1. The Bertz CT molecular complexity index is 372. The van der Waals surface area contributed by atoms with Gasteiger partial charge in [-0.05, 0) is 44.5 Å². The minimum absolute atomic E-state index is 0.0110. The molecule has 1 aliphatic rings. The topological polar surface area (TPSA) is 54.0 Å². The average Bonchev–Trinajstić information content (AvgIpc) is 2.30. The summed E-state index contributed by atoms with van der Waals surface area (Å²) in [4.78, 5) is 15.9. The van der Waals surface area contributed by atoms with Crippen molar-refractivity contribution in [3.63, 3.8) is 0 Å². The maximum Gasteiger partial charge on any atom is 0.253 e. The molecule has 86 valence electrons. The molecule has 0 atom stereocenters. The molecule has 1 aromatic rings. The molecule has 0 saturated carbocycles. The highest BCUT2D eigenvalue weighted by Gasteiger charge is 2.16. The van der Waals surface area contributed by atoms with Gasteiger partial charge in [-0.25, -0.2) is 0 Å². The first-order valence-electron chi connectivity index (χ1n) is 5.69. The molecule has 2 rings (SSSR count). The Morgan fingerprint density at radius 2 is 2.19 bits per heavy atom. The molecule has 0 bridgehead atoms. The first-order chi connectivity index (χ1) is 7.75. The second-order valence-electron chi connectivity index (χ2n) is 4.25. The third kappa shape index (κ3) is 2.79. The standard InChI is InChI=1S/C12H17N3O/c1-9-6-10(8-14-7-9)12(16)15-11-2-4-13-5-3-11/h6-8,11,13H,2-5H2,1H3,(H,15,16). The summed E-state index contributed by atoms with van der Waals surface area (Å²) in [5.74, 6) is -0.0110. The van der Waals surface area contributed by atoms with Crippen LogP contribution in [-0.2, 0) is 0 Å². The van der Waals surface area contributed by atoms with Gasteiger partial charge < -0.3 is 10.6 Å². The van der Waals surface area contributed by atoms with Gasteiger partial charge in [0.2, 0.25) is 0 Å². The van der Waals surface area contributed by atoms with E-state index < -0.39 is 0 Å². The maximum absolute atomic E-state index is 11.9. The van der Waals surface area contributed by atoms with Crippen LogP contribution in [0.2, 0.25) is 0 Å². The summed E-state index contributed by atoms with van der Waals surface area (Å²) in [5.41, 5.74) is 1.66. The van der Waals surface area contributed by atoms with Gasteiger partial charge in [-0.2, -0.15) is 0 Å². The quantitative estimate of drug-likeness (QED) is 0.776. The van der Waals surface area contributed by atoms with E-state index in [9.17, 15) is 4.79 Å². The summed E-state index contributed by atoms with van der Waals surface area (Å²) >= 11 is 0. The Labute approximate surface area is 95.5 Å². The zero-order chi connectivity index (χ0) is 11.4. The molecule has 2 N–H and O–H groups in total. The van der Waals surface area contributed by atoms with Crippen molar-refractivity contribution in [2.75, 3.05) is 13.1 Å². The van der Waals surface area contributed by atoms with Crippen LogP contribution in [0.25, 0.3) is 0 Å². The second kappa shape index (κ2) is 5.07. The van der Waals surface area contributed by atoms with Crippen LogP contribution in [0.4, 0.5) is 0 Å². The van der Waals surface area contributed by atoms with Gasteiger partial charge in [0.1, 0.15) is 0 Å². The van der Waals surface area contributed by atoms with E-state index in [2.05, 4.69) is 15.6 Å². The molecule has 0 radical (unpaired) electrons. The molecule has 1 fully saturated rings. The van der Waals surface area contributed by atoms with Crippen LogP contribution in [0, 0.1) is 6.92 Å². The molecule has 0 spiro atoms. The second-order valence-corrected chi connectivity index (χ2v) is 4.25. The SMILES string of the molecule is Cc1cncc(C(=O)NC2CCNCC2)c1. The number of hydrogen-bond donors (Lipinski definition) is 2. The largest absolute Gasteiger partial charge is 0.349 e. The zero-order valence-electron chi connectivity index (χ0n) is 9.49. The highest BCUT2D eigenvalue weighted by atomic mass is 16.1. The third-order valence-electron chi connectivity index (χ3n) is 2.81. The van der Waals surface area contributed by atoms with Crippen molar-refractivity contribution in [3.8, 4) is 0 Å². The summed E-state index contributed by atoms with van der Waals surface area (Å²) in [6, 6.07) is 2.16. The number of carbonyl (C=O) groups excluding carboxylic acids is 1. The van der Waals surface area contributed by atoms with E-state index in [-0.39, 0.29) is 5.91 Å². The fourth-order valence-corrected chi connectivity index (χ4v) is 1.91. The van der Waals surface area contributed by atoms with Crippen molar-refractivity contribution >= 4 is 5.91 Å². The van der Waals surface area contributed by atoms with Crippen molar-refractivity contribution < 1.29 is 4.79 Å². The van der Waals surface area contributed by atoms with Gasteiger partial charge in [0, 0.05) is 18.4 Å². The molecule has 0 aromatic carbocycles. The predicted octanol–water partition coefficient (Wildman–Crippen LogP) is 0.872. The van der Waals surface area contributed by atoms with E-state index >= 15 is 0 Å². The summed E-state index contributed by atoms with van der Waals surface area (Å²) in [7, 11) is 0. The number of carbonyl (C=O) groups is 1. The highest BCUT2D eigenvalue weighted by molar-refractivity contribution is 5.94. The normalized spacial score (nSPS) is 17.1. The van der Waals surface area contributed by atoms with E-state index in [1.54, 1.807) is 12.4 Å². The van der Waals surface area contributed by atoms with Gasteiger partial charge in [-0.1, -0.05) is 0 Å². The van der Waals surface area contributed by atoms with Crippen LogP contribution in [0.15, 0.2) is 18.5 Å². The fourth-order valence-electron chi connectivity index (χ4n) is 1.91. The Kier molecular flexibility index (Phi) is 3.51. The lowest BCUT2D eigenvalue weighted by molar-refractivity contribution is 0.0929. The minimum atomic E-state index is -0.0110. The van der Waals surface area contributed by atoms with E-state index in [4.69, 9.17) is 0 Å². The molecular formula is C12H17N3O.